The minimum Gasteiger partial charge on any atom is -0.462 e. The number of aromatic nitrogens is 3. The first-order valence-electron chi connectivity index (χ1n) is 12.4. The van der Waals surface area contributed by atoms with Gasteiger partial charge in [-0.05, 0) is 25.0 Å². The van der Waals surface area contributed by atoms with Crippen LogP contribution < -0.4 is 0 Å². The van der Waals surface area contributed by atoms with Crippen molar-refractivity contribution in [3.63, 3.8) is 0 Å². The van der Waals surface area contributed by atoms with Crippen molar-refractivity contribution in [3.8, 4) is 0 Å². The number of aromatic amines is 1. The maximum Gasteiger partial charge on any atom is 0.339 e. The molecule has 0 fully saturated rings. The van der Waals surface area contributed by atoms with Crippen molar-refractivity contribution >= 4 is 11.9 Å². The lowest BCUT2D eigenvalue weighted by atomic mass is 10.1. The summed E-state index contributed by atoms with van der Waals surface area (Å²) >= 11 is 0. The molecule has 0 saturated heterocycles. The fourth-order valence-corrected chi connectivity index (χ4v) is 3.26. The lowest BCUT2D eigenvalue weighted by molar-refractivity contribution is 0.0450. The Kier molecular flexibility index (Phi) is 17.1. The number of unbranched alkanes of at least 4 members (excludes halogenated alkanes) is 10. The highest BCUT2D eigenvalue weighted by atomic mass is 16.5. The first-order chi connectivity index (χ1) is 16.2. The zero-order valence-electron chi connectivity index (χ0n) is 20.4. The number of H-pyrrole nitrogens is 1. The van der Waals surface area contributed by atoms with Gasteiger partial charge in [0.05, 0.1) is 36.7 Å². The van der Waals surface area contributed by atoms with Crippen molar-refractivity contribution in [2.75, 3.05) is 13.2 Å². The molecule has 0 aliphatic rings. The van der Waals surface area contributed by atoms with Crippen LogP contribution in [-0.2, 0) is 9.47 Å². The van der Waals surface area contributed by atoms with Crippen LogP contribution in [0.3, 0.4) is 0 Å². The van der Waals surface area contributed by atoms with Crippen LogP contribution in [0.25, 0.3) is 0 Å². The molecule has 0 atom stereocenters. The number of benzene rings is 1. The molecular weight excluding hydrogens is 418 g/mol. The van der Waals surface area contributed by atoms with E-state index in [9.17, 15) is 9.59 Å². The molecule has 7 heteroatoms. The standard InChI is InChI=1S/C24H38O4.C2H3N3/c1-3-5-7-9-11-15-19-27-23(25)21-17-13-14-18-22(21)24(26)28-20-16-12-10-8-6-4-2;1-2-4-5-3-1/h13-14,17-18H,3-12,15-16,19-20H2,1-2H3;1-2H,(H,3,4,5). The lowest BCUT2D eigenvalue weighted by Crippen LogP contribution is -2.15. The maximum absolute atomic E-state index is 12.4. The Hall–Kier alpha value is -2.70. The first-order valence-corrected chi connectivity index (χ1v) is 12.4. The van der Waals surface area contributed by atoms with Gasteiger partial charge in [0, 0.05) is 0 Å². The summed E-state index contributed by atoms with van der Waals surface area (Å²) in [4.78, 5) is 24.7. The fraction of sp³-hybridized carbons (Fsp3) is 0.615. The van der Waals surface area contributed by atoms with Crippen molar-refractivity contribution in [3.05, 3.63) is 47.8 Å². The molecule has 0 spiro atoms. The largest absolute Gasteiger partial charge is 0.462 e. The van der Waals surface area contributed by atoms with Crippen molar-refractivity contribution in [2.24, 2.45) is 0 Å². The van der Waals surface area contributed by atoms with Gasteiger partial charge < -0.3 is 9.47 Å². The van der Waals surface area contributed by atoms with Crippen molar-refractivity contribution < 1.29 is 19.1 Å². The fourth-order valence-electron chi connectivity index (χ4n) is 3.26. The van der Waals surface area contributed by atoms with Crippen LogP contribution in [0.15, 0.2) is 36.7 Å². The molecule has 184 valence electrons. The molecule has 33 heavy (non-hydrogen) atoms. The maximum atomic E-state index is 12.4. The molecular formula is C26H41N3O4. The van der Waals surface area contributed by atoms with Gasteiger partial charge in [0.25, 0.3) is 0 Å². The second-order valence-electron chi connectivity index (χ2n) is 8.01. The van der Waals surface area contributed by atoms with Crippen LogP contribution in [0.5, 0.6) is 0 Å². The van der Waals surface area contributed by atoms with Crippen LogP contribution in [0.2, 0.25) is 0 Å². The quantitative estimate of drug-likeness (QED) is 0.227. The van der Waals surface area contributed by atoms with Crippen LogP contribution in [0, 0.1) is 0 Å². The number of carbonyl (C=O) groups excluding carboxylic acids is 2. The van der Waals surface area contributed by atoms with E-state index in [0.717, 1.165) is 25.7 Å². The molecule has 1 N–H and O–H groups in total. The average Bonchev–Trinajstić information content (AvgIpc) is 3.43. The molecule has 0 bridgehead atoms. The first kappa shape index (κ1) is 28.3. The highest BCUT2D eigenvalue weighted by molar-refractivity contribution is 6.03. The van der Waals surface area contributed by atoms with Gasteiger partial charge in [0.1, 0.15) is 0 Å². The minimum atomic E-state index is -0.444. The SMILES string of the molecule is CCCCCCCCOC(=O)c1ccccc1C(=O)OCCCCCCCC.c1cn[nH]n1. The van der Waals surface area contributed by atoms with E-state index in [0.29, 0.717) is 24.3 Å². The Morgan fingerprint density at radius 3 is 1.42 bits per heavy atom. The molecule has 0 aliphatic carbocycles. The van der Waals surface area contributed by atoms with E-state index in [1.54, 1.807) is 36.7 Å². The second kappa shape index (κ2) is 19.9. The molecule has 2 aromatic rings. The molecule has 7 nitrogen and oxygen atoms in total. The van der Waals surface area contributed by atoms with E-state index in [-0.39, 0.29) is 0 Å². The van der Waals surface area contributed by atoms with Crippen molar-refractivity contribution in [1.82, 2.24) is 15.4 Å². The lowest BCUT2D eigenvalue weighted by Gasteiger charge is -2.10. The van der Waals surface area contributed by atoms with E-state index < -0.39 is 11.9 Å². The summed E-state index contributed by atoms with van der Waals surface area (Å²) in [6, 6.07) is 6.74. The van der Waals surface area contributed by atoms with Gasteiger partial charge in [-0.15, -0.1) is 0 Å². The normalized spacial score (nSPS) is 10.2. The van der Waals surface area contributed by atoms with Crippen LogP contribution in [-0.4, -0.2) is 40.6 Å². The number of rotatable bonds is 16. The van der Waals surface area contributed by atoms with Gasteiger partial charge in [0.15, 0.2) is 0 Å². The molecule has 0 aliphatic heterocycles. The number of esters is 2. The van der Waals surface area contributed by atoms with Crippen molar-refractivity contribution in [2.45, 2.75) is 90.9 Å². The number of ether oxygens (including phenoxy) is 2. The number of nitrogens with one attached hydrogen (secondary N) is 1. The molecule has 1 aromatic carbocycles. The Morgan fingerprint density at radius 2 is 1.06 bits per heavy atom. The predicted molar refractivity (Wildman–Crippen MR) is 130 cm³/mol. The summed E-state index contributed by atoms with van der Waals surface area (Å²) < 4.78 is 10.7. The van der Waals surface area contributed by atoms with Gasteiger partial charge in [-0.2, -0.15) is 15.4 Å². The van der Waals surface area contributed by atoms with Crippen LogP contribution >= 0.6 is 0 Å². The smallest absolute Gasteiger partial charge is 0.339 e. The Morgan fingerprint density at radius 1 is 0.667 bits per heavy atom. The minimum absolute atomic E-state index is 0.293. The highest BCUT2D eigenvalue weighted by Crippen LogP contribution is 2.14. The summed E-state index contributed by atoms with van der Waals surface area (Å²) in [5, 5.41) is 9.33. The summed E-state index contributed by atoms with van der Waals surface area (Å²) in [6.45, 7) is 5.17. The zero-order chi connectivity index (χ0) is 24.0. The zero-order valence-corrected chi connectivity index (χ0v) is 20.4. The third-order valence-corrected chi connectivity index (χ3v) is 5.16. The highest BCUT2D eigenvalue weighted by Gasteiger charge is 2.18. The van der Waals surface area contributed by atoms with Crippen LogP contribution in [0.4, 0.5) is 0 Å². The van der Waals surface area contributed by atoms with E-state index in [2.05, 4.69) is 29.3 Å². The second-order valence-corrected chi connectivity index (χ2v) is 8.01. The molecule has 1 heterocycles. The molecule has 0 radical (unpaired) electrons. The summed E-state index contributed by atoms with van der Waals surface area (Å²) in [5.41, 5.74) is 0.586. The molecule has 0 saturated carbocycles. The van der Waals surface area contributed by atoms with E-state index in [1.807, 2.05) is 0 Å². The Bertz CT molecular complexity index is 669. The molecule has 1 aromatic heterocycles. The third kappa shape index (κ3) is 14.1. The predicted octanol–water partition coefficient (Wildman–Crippen LogP) is 6.53. The van der Waals surface area contributed by atoms with E-state index >= 15 is 0 Å². The van der Waals surface area contributed by atoms with E-state index in [4.69, 9.17) is 9.47 Å². The number of hydrogen-bond donors (Lipinski definition) is 1. The number of hydrogen-bond acceptors (Lipinski definition) is 6. The molecule has 2 rings (SSSR count). The third-order valence-electron chi connectivity index (χ3n) is 5.16. The Balaban J connectivity index is 0.000000953. The molecule has 0 unspecified atom stereocenters. The van der Waals surface area contributed by atoms with Gasteiger partial charge in [0.2, 0.25) is 0 Å². The monoisotopic (exact) mass is 459 g/mol. The summed E-state index contributed by atoms with van der Waals surface area (Å²) in [5.74, 6) is -0.888. The van der Waals surface area contributed by atoms with Gasteiger partial charge in [-0.1, -0.05) is 90.2 Å². The number of nitrogens with zero attached hydrogens (tertiary/aromatic N) is 2. The Labute approximate surface area is 198 Å². The van der Waals surface area contributed by atoms with Gasteiger partial charge in [-0.3, -0.25) is 0 Å². The van der Waals surface area contributed by atoms with E-state index in [1.165, 1.54) is 51.4 Å². The van der Waals surface area contributed by atoms with Gasteiger partial charge >= 0.3 is 11.9 Å². The van der Waals surface area contributed by atoms with Crippen molar-refractivity contribution in [1.29, 1.82) is 0 Å². The van der Waals surface area contributed by atoms with Gasteiger partial charge in [-0.25, -0.2) is 9.59 Å². The number of carbonyl (C=O) groups is 2. The molecule has 0 amide bonds. The summed E-state index contributed by atoms with van der Waals surface area (Å²) in [6.07, 6.45) is 16.8. The summed E-state index contributed by atoms with van der Waals surface area (Å²) in [7, 11) is 0. The topological polar surface area (TPSA) is 94.2 Å². The van der Waals surface area contributed by atoms with Crippen LogP contribution in [0.1, 0.15) is 112 Å². The average molecular weight is 460 g/mol.